The predicted octanol–water partition coefficient (Wildman–Crippen LogP) is 8.17. The molecule has 0 spiro atoms. The fraction of sp³-hybridized carbons (Fsp3) is 0.933. The van der Waals surface area contributed by atoms with Gasteiger partial charge in [-0.05, 0) is 121 Å². The summed E-state index contributed by atoms with van der Waals surface area (Å²) in [6.07, 6.45) is 19.1. The minimum Gasteiger partial charge on any atom is -0.392 e. The van der Waals surface area contributed by atoms with Crippen LogP contribution in [0.2, 0.25) is 0 Å². The topological polar surface area (TPSA) is 20.2 Å². The minimum absolute atomic E-state index is 0.228. The van der Waals surface area contributed by atoms with Crippen LogP contribution in [0.4, 0.5) is 0 Å². The van der Waals surface area contributed by atoms with Crippen LogP contribution in [0.25, 0.3) is 0 Å². The van der Waals surface area contributed by atoms with E-state index in [0.717, 1.165) is 23.7 Å². The van der Waals surface area contributed by atoms with Gasteiger partial charge in [0.2, 0.25) is 0 Å². The molecule has 5 aliphatic carbocycles. The average Bonchev–Trinajstić information content (AvgIpc) is 2.66. The second kappa shape index (κ2) is 7.10. The summed E-state index contributed by atoms with van der Waals surface area (Å²) in [4.78, 5) is 0. The highest BCUT2D eigenvalue weighted by Crippen LogP contribution is 2.75. The molecular weight excluding hydrogens is 376 g/mol. The first-order valence-electron chi connectivity index (χ1n) is 13.8. The molecule has 5 saturated carbocycles. The first-order valence-corrected chi connectivity index (χ1v) is 13.8. The van der Waals surface area contributed by atoms with E-state index in [1.54, 1.807) is 5.57 Å². The molecule has 8 atom stereocenters. The van der Waals surface area contributed by atoms with Crippen molar-refractivity contribution in [1.29, 1.82) is 0 Å². The maximum Gasteiger partial charge on any atom is 0.0615 e. The summed E-state index contributed by atoms with van der Waals surface area (Å²) in [7, 11) is 0. The first kappa shape index (κ1) is 22.5. The van der Waals surface area contributed by atoms with Gasteiger partial charge in [0.1, 0.15) is 0 Å². The number of fused-ring (bicyclic) bond motifs is 7. The highest BCUT2D eigenvalue weighted by molar-refractivity contribution is 5.20. The third kappa shape index (κ3) is 3.03. The van der Waals surface area contributed by atoms with Crippen LogP contribution in [0, 0.1) is 50.7 Å². The number of hydrogen-bond donors (Lipinski definition) is 1. The highest BCUT2D eigenvalue weighted by Gasteiger charge is 2.67. The first-order chi connectivity index (χ1) is 14.5. The molecule has 0 aromatic heterocycles. The molecule has 1 N–H and O–H groups in total. The molecule has 0 radical (unpaired) electrons. The maximum absolute atomic E-state index is 9.48. The molecule has 176 valence electrons. The third-order valence-corrected chi connectivity index (χ3v) is 12.8. The van der Waals surface area contributed by atoms with Gasteiger partial charge < -0.3 is 5.11 Å². The van der Waals surface area contributed by atoms with E-state index < -0.39 is 0 Å². The zero-order valence-corrected chi connectivity index (χ0v) is 21.5. The van der Waals surface area contributed by atoms with Gasteiger partial charge in [0.05, 0.1) is 6.61 Å². The Hall–Kier alpha value is -0.300. The smallest absolute Gasteiger partial charge is 0.0615 e. The molecule has 1 heteroatoms. The van der Waals surface area contributed by atoms with Crippen LogP contribution in [0.5, 0.6) is 0 Å². The van der Waals surface area contributed by atoms with Crippen molar-refractivity contribution in [2.75, 3.05) is 6.61 Å². The maximum atomic E-state index is 9.48. The number of aliphatic hydroxyl groups is 1. The van der Waals surface area contributed by atoms with Gasteiger partial charge in [0.15, 0.2) is 0 Å². The Labute approximate surface area is 192 Å². The van der Waals surface area contributed by atoms with Crippen molar-refractivity contribution in [2.24, 2.45) is 50.7 Å². The van der Waals surface area contributed by atoms with E-state index in [9.17, 15) is 5.11 Å². The summed E-state index contributed by atoms with van der Waals surface area (Å²) < 4.78 is 0. The van der Waals surface area contributed by atoms with E-state index in [2.05, 4.69) is 47.6 Å². The van der Waals surface area contributed by atoms with E-state index in [1.807, 2.05) is 0 Å². The van der Waals surface area contributed by atoms with E-state index in [0.29, 0.717) is 27.1 Å². The van der Waals surface area contributed by atoms with Crippen molar-refractivity contribution >= 4 is 0 Å². The quantitative estimate of drug-likeness (QED) is 0.419. The van der Waals surface area contributed by atoms with Crippen molar-refractivity contribution < 1.29 is 5.11 Å². The van der Waals surface area contributed by atoms with Gasteiger partial charge in [-0.3, -0.25) is 0 Å². The van der Waals surface area contributed by atoms with Crippen LogP contribution < -0.4 is 0 Å². The SMILES string of the molecule is CC1(C)CCC[C@]2(C)[C@H]3CC[C@]4(C)[C@@H](CC[C@@]5(C)C/C(=C\CO)CC[C@@H]54)[C@]3(C)CC[C@@H]12. The standard InChI is InChI=1S/C30H50O/c1-26(2)14-7-15-28(4)22(26)11-17-30(6)24-10-16-27(3)20-21(13-19-31)8-9-23(27)29(24,5)18-12-25(28)30/h13,22-25,31H,7-12,14-20H2,1-6H3/b21-13-/t22-,23-,24+,25+,27-,28-,29-,30-/m0/s1. The fourth-order valence-corrected chi connectivity index (χ4v) is 11.8. The van der Waals surface area contributed by atoms with Crippen molar-refractivity contribution in [2.45, 2.75) is 119 Å². The summed E-state index contributed by atoms with van der Waals surface area (Å²) in [6, 6.07) is 0. The zero-order valence-electron chi connectivity index (χ0n) is 21.5. The second-order valence-corrected chi connectivity index (χ2v) is 14.6. The molecule has 0 aromatic carbocycles. The largest absolute Gasteiger partial charge is 0.392 e. The molecule has 31 heavy (non-hydrogen) atoms. The molecular formula is C30H50O. The van der Waals surface area contributed by atoms with Gasteiger partial charge in [-0.15, -0.1) is 0 Å². The number of rotatable bonds is 1. The molecule has 0 bridgehead atoms. The van der Waals surface area contributed by atoms with E-state index in [-0.39, 0.29) is 6.61 Å². The Kier molecular flexibility index (Phi) is 5.15. The summed E-state index contributed by atoms with van der Waals surface area (Å²) >= 11 is 0. The molecule has 0 saturated heterocycles. The van der Waals surface area contributed by atoms with Crippen LogP contribution in [0.3, 0.4) is 0 Å². The van der Waals surface area contributed by atoms with E-state index >= 15 is 0 Å². The summed E-state index contributed by atoms with van der Waals surface area (Å²) in [5, 5.41) is 9.48. The van der Waals surface area contributed by atoms with Gasteiger partial charge in [-0.25, -0.2) is 0 Å². The lowest BCUT2D eigenvalue weighted by Crippen LogP contribution is -2.64. The Morgan fingerprint density at radius 3 is 1.97 bits per heavy atom. The van der Waals surface area contributed by atoms with Crippen molar-refractivity contribution in [3.63, 3.8) is 0 Å². The summed E-state index contributed by atoms with van der Waals surface area (Å²) in [6.45, 7) is 16.3. The molecule has 0 aromatic rings. The number of hydrogen-bond acceptors (Lipinski definition) is 1. The Morgan fingerprint density at radius 2 is 1.29 bits per heavy atom. The highest BCUT2D eigenvalue weighted by atomic mass is 16.2. The van der Waals surface area contributed by atoms with Crippen molar-refractivity contribution in [3.05, 3.63) is 11.6 Å². The van der Waals surface area contributed by atoms with Gasteiger partial charge in [0.25, 0.3) is 0 Å². The normalized spacial score (nSPS) is 55.0. The Bertz CT molecular complexity index is 750. The van der Waals surface area contributed by atoms with Crippen LogP contribution >= 0.6 is 0 Å². The molecule has 0 amide bonds. The minimum atomic E-state index is 0.228. The van der Waals surface area contributed by atoms with Gasteiger partial charge in [-0.2, -0.15) is 0 Å². The molecule has 1 nitrogen and oxygen atoms in total. The summed E-state index contributed by atoms with van der Waals surface area (Å²) in [5.41, 5.74) is 4.19. The number of aliphatic hydroxyl groups excluding tert-OH is 1. The fourth-order valence-electron chi connectivity index (χ4n) is 11.8. The Balaban J connectivity index is 1.48. The van der Waals surface area contributed by atoms with Crippen LogP contribution in [-0.2, 0) is 0 Å². The monoisotopic (exact) mass is 426 g/mol. The Morgan fingerprint density at radius 1 is 0.710 bits per heavy atom. The van der Waals surface area contributed by atoms with E-state index in [1.165, 1.54) is 77.0 Å². The van der Waals surface area contributed by atoms with Crippen molar-refractivity contribution in [3.8, 4) is 0 Å². The van der Waals surface area contributed by atoms with Crippen LogP contribution in [-0.4, -0.2) is 11.7 Å². The van der Waals surface area contributed by atoms with Gasteiger partial charge >= 0.3 is 0 Å². The second-order valence-electron chi connectivity index (χ2n) is 14.6. The molecule has 0 heterocycles. The van der Waals surface area contributed by atoms with Crippen LogP contribution in [0.1, 0.15) is 119 Å². The molecule has 5 rings (SSSR count). The lowest BCUT2D eigenvalue weighted by atomic mass is 9.33. The van der Waals surface area contributed by atoms with E-state index in [4.69, 9.17) is 0 Å². The van der Waals surface area contributed by atoms with Crippen molar-refractivity contribution in [1.82, 2.24) is 0 Å². The molecule has 5 fully saturated rings. The number of allylic oxidation sites excluding steroid dienone is 1. The molecule has 0 unspecified atom stereocenters. The summed E-state index contributed by atoms with van der Waals surface area (Å²) in [5.74, 6) is 3.67. The average molecular weight is 427 g/mol. The lowest BCUT2D eigenvalue weighted by molar-refractivity contribution is -0.227. The third-order valence-electron chi connectivity index (χ3n) is 12.8. The zero-order chi connectivity index (χ0) is 22.3. The van der Waals surface area contributed by atoms with Gasteiger partial charge in [-0.1, -0.05) is 59.6 Å². The van der Waals surface area contributed by atoms with Gasteiger partial charge in [0, 0.05) is 0 Å². The lowest BCUT2D eigenvalue weighted by Gasteiger charge is -2.72. The molecule has 0 aliphatic heterocycles. The molecule has 5 aliphatic rings. The van der Waals surface area contributed by atoms with Crippen LogP contribution in [0.15, 0.2) is 11.6 Å². The predicted molar refractivity (Wildman–Crippen MR) is 131 cm³/mol.